The normalized spacial score (nSPS) is 13.4. The summed E-state index contributed by atoms with van der Waals surface area (Å²) in [5.41, 5.74) is 5.40. The summed E-state index contributed by atoms with van der Waals surface area (Å²) < 4.78 is 3.18. The predicted octanol–water partition coefficient (Wildman–Crippen LogP) is 4.90. The van der Waals surface area contributed by atoms with Gasteiger partial charge in [0.05, 0.1) is 28.8 Å². The Balaban J connectivity index is 0.000000556. The predicted molar refractivity (Wildman–Crippen MR) is 144 cm³/mol. The van der Waals surface area contributed by atoms with Gasteiger partial charge in [0.25, 0.3) is 0 Å². The lowest BCUT2D eigenvalue weighted by molar-refractivity contribution is -0.136. The van der Waals surface area contributed by atoms with Gasteiger partial charge in [0.15, 0.2) is 11.0 Å². The van der Waals surface area contributed by atoms with E-state index in [-0.39, 0.29) is 6.42 Å². The van der Waals surface area contributed by atoms with E-state index in [4.69, 9.17) is 10.1 Å². The highest BCUT2D eigenvalue weighted by molar-refractivity contribution is 7.22. The largest absolute Gasteiger partial charge is 0.481 e. The van der Waals surface area contributed by atoms with Gasteiger partial charge in [-0.3, -0.25) is 4.79 Å². The molecule has 0 amide bonds. The fourth-order valence-corrected chi connectivity index (χ4v) is 5.39. The number of carboxylic acid groups (broad SMARTS) is 1. The molecule has 4 aromatic rings. The molecule has 36 heavy (non-hydrogen) atoms. The third kappa shape index (κ3) is 5.74. The van der Waals surface area contributed by atoms with Crippen molar-refractivity contribution in [2.75, 3.05) is 11.4 Å². The van der Waals surface area contributed by atoms with Crippen LogP contribution in [-0.4, -0.2) is 48.1 Å². The van der Waals surface area contributed by atoms with E-state index in [2.05, 4.69) is 50.9 Å². The molecule has 0 bridgehead atoms. The van der Waals surface area contributed by atoms with E-state index in [0.717, 1.165) is 62.3 Å². The molecule has 5 rings (SSSR count). The fraction of sp³-hybridized carbons (Fsp3) is 0.407. The highest BCUT2D eigenvalue weighted by atomic mass is 32.1. The summed E-state index contributed by atoms with van der Waals surface area (Å²) in [5.74, 6) is 1.06. The summed E-state index contributed by atoms with van der Waals surface area (Å²) in [6, 6.07) is 10.3. The van der Waals surface area contributed by atoms with Gasteiger partial charge in [-0.25, -0.2) is 4.98 Å². The molecule has 2 aromatic carbocycles. The summed E-state index contributed by atoms with van der Waals surface area (Å²) in [7, 11) is 0. The van der Waals surface area contributed by atoms with Gasteiger partial charge in [0.2, 0.25) is 0 Å². The zero-order chi connectivity index (χ0) is 26.2. The Labute approximate surface area is 215 Å². The average Bonchev–Trinajstić information content (AvgIpc) is 3.37. The quantitative estimate of drug-likeness (QED) is 0.405. The number of hydrogen-bond donors (Lipinski definition) is 2. The second-order valence-electron chi connectivity index (χ2n) is 10.2. The minimum absolute atomic E-state index is 0.00961. The number of nitrogens with zero attached hydrogens (tertiary/aromatic N) is 5. The number of thiazole rings is 1. The first kappa shape index (κ1) is 25.8. The minimum Gasteiger partial charge on any atom is -0.481 e. The number of aliphatic carboxylic acids is 1. The number of aliphatic hydroxyl groups is 1. The van der Waals surface area contributed by atoms with Crippen LogP contribution in [0.15, 0.2) is 30.3 Å². The molecule has 0 spiro atoms. The van der Waals surface area contributed by atoms with Crippen LogP contribution in [0.4, 0.5) is 5.13 Å². The number of aryl methyl sites for hydroxylation is 3. The highest BCUT2D eigenvalue weighted by Crippen LogP contribution is 2.41. The third-order valence-corrected chi connectivity index (χ3v) is 7.03. The average molecular weight is 508 g/mol. The van der Waals surface area contributed by atoms with Gasteiger partial charge in [-0.05, 0) is 64.3 Å². The molecule has 0 radical (unpaired) electrons. The lowest BCUT2D eigenvalue weighted by atomic mass is 9.93. The van der Waals surface area contributed by atoms with Crippen LogP contribution in [-0.2, 0) is 24.3 Å². The summed E-state index contributed by atoms with van der Waals surface area (Å²) >= 11 is 1.63. The Bertz CT molecular complexity index is 1390. The topological polar surface area (TPSA) is 104 Å². The summed E-state index contributed by atoms with van der Waals surface area (Å²) in [6.07, 6.45) is -0.00961. The molecular weight excluding hydrogens is 474 g/mol. The van der Waals surface area contributed by atoms with Crippen molar-refractivity contribution in [3.8, 4) is 11.1 Å². The smallest absolute Gasteiger partial charge is 0.307 e. The first-order chi connectivity index (χ1) is 16.9. The Morgan fingerprint density at radius 1 is 1.08 bits per heavy atom. The van der Waals surface area contributed by atoms with Gasteiger partial charge in [-0.2, -0.15) is 0 Å². The lowest BCUT2D eigenvalue weighted by Gasteiger charge is -2.26. The number of carboxylic acids is 1. The molecule has 0 atom stereocenters. The van der Waals surface area contributed by atoms with E-state index in [9.17, 15) is 9.90 Å². The number of rotatable bonds is 4. The molecule has 2 N–H and O–H groups in total. The number of benzene rings is 2. The second-order valence-corrected chi connectivity index (χ2v) is 11.2. The molecule has 0 saturated carbocycles. The molecule has 2 aromatic heterocycles. The van der Waals surface area contributed by atoms with Gasteiger partial charge in [0.1, 0.15) is 5.82 Å². The van der Waals surface area contributed by atoms with Gasteiger partial charge in [0, 0.05) is 18.7 Å². The standard InChI is InChI=1S/C23H23N5O2S.C4H10O/c1-13-4-6-16(7-5-13)21-17(11-20(29)30)14(2)10-18-22(21)31-23(24-18)27-8-9-28-15(3)25-26-19(28)12-27;1-4(2,3)5/h4-7,10H,8-9,11-12H2,1-3H3,(H,29,30);5H,1-3H3. The molecule has 3 heterocycles. The van der Waals surface area contributed by atoms with Crippen LogP contribution < -0.4 is 4.90 Å². The number of fused-ring (bicyclic) bond motifs is 2. The molecule has 0 aliphatic carbocycles. The van der Waals surface area contributed by atoms with Gasteiger partial charge < -0.3 is 19.7 Å². The molecule has 0 unspecified atom stereocenters. The van der Waals surface area contributed by atoms with Crippen molar-refractivity contribution in [3.63, 3.8) is 0 Å². The van der Waals surface area contributed by atoms with Crippen LogP contribution >= 0.6 is 11.3 Å². The van der Waals surface area contributed by atoms with Gasteiger partial charge in [-0.1, -0.05) is 41.2 Å². The van der Waals surface area contributed by atoms with E-state index in [1.165, 1.54) is 5.56 Å². The van der Waals surface area contributed by atoms with E-state index in [1.54, 1.807) is 32.1 Å². The van der Waals surface area contributed by atoms with Crippen molar-refractivity contribution in [1.29, 1.82) is 0 Å². The number of carbonyl (C=O) groups is 1. The molecule has 1 aliphatic heterocycles. The molecule has 190 valence electrons. The van der Waals surface area contributed by atoms with Gasteiger partial charge >= 0.3 is 5.97 Å². The molecule has 9 heteroatoms. The van der Waals surface area contributed by atoms with Crippen LogP contribution in [0.3, 0.4) is 0 Å². The van der Waals surface area contributed by atoms with Crippen molar-refractivity contribution in [2.24, 2.45) is 0 Å². The van der Waals surface area contributed by atoms with Crippen molar-refractivity contribution >= 4 is 32.7 Å². The van der Waals surface area contributed by atoms with Crippen LogP contribution in [0, 0.1) is 20.8 Å². The van der Waals surface area contributed by atoms with E-state index >= 15 is 0 Å². The van der Waals surface area contributed by atoms with Crippen LogP contribution in [0.5, 0.6) is 0 Å². The second kappa shape index (κ2) is 9.99. The van der Waals surface area contributed by atoms with Crippen molar-refractivity contribution in [2.45, 2.75) is 66.7 Å². The zero-order valence-electron chi connectivity index (χ0n) is 21.7. The first-order valence-electron chi connectivity index (χ1n) is 12.0. The highest BCUT2D eigenvalue weighted by Gasteiger charge is 2.24. The summed E-state index contributed by atoms with van der Waals surface area (Å²) in [6.45, 7) is 13.6. The number of hydrogen-bond acceptors (Lipinski definition) is 7. The van der Waals surface area contributed by atoms with E-state index in [1.807, 2.05) is 19.9 Å². The van der Waals surface area contributed by atoms with Gasteiger partial charge in [-0.15, -0.1) is 10.2 Å². The number of anilines is 1. The first-order valence-corrected chi connectivity index (χ1v) is 12.8. The Kier molecular flexibility index (Phi) is 7.15. The van der Waals surface area contributed by atoms with Crippen LogP contribution in [0.2, 0.25) is 0 Å². The van der Waals surface area contributed by atoms with E-state index < -0.39 is 11.6 Å². The van der Waals surface area contributed by atoms with Crippen LogP contribution in [0.25, 0.3) is 21.3 Å². The molecule has 1 aliphatic rings. The lowest BCUT2D eigenvalue weighted by Crippen LogP contribution is -2.34. The van der Waals surface area contributed by atoms with Crippen molar-refractivity contribution < 1.29 is 15.0 Å². The molecular formula is C27H33N5O3S. The SMILES string of the molecule is CC(C)(C)O.Cc1ccc(-c2c(CC(=O)O)c(C)cc3nc(N4CCn5c(C)nnc5C4)sc23)cc1. The molecule has 8 nitrogen and oxygen atoms in total. The van der Waals surface area contributed by atoms with Crippen LogP contribution in [0.1, 0.15) is 49.1 Å². The minimum atomic E-state index is -0.828. The summed E-state index contributed by atoms with van der Waals surface area (Å²) in [4.78, 5) is 18.8. The fourth-order valence-electron chi connectivity index (χ4n) is 4.23. The van der Waals surface area contributed by atoms with Crippen molar-refractivity contribution in [3.05, 3.63) is 58.7 Å². The Hall–Kier alpha value is -3.30. The zero-order valence-corrected chi connectivity index (χ0v) is 22.5. The Morgan fingerprint density at radius 3 is 2.39 bits per heavy atom. The monoisotopic (exact) mass is 507 g/mol. The maximum atomic E-state index is 11.6. The third-order valence-electron chi connectivity index (χ3n) is 5.88. The van der Waals surface area contributed by atoms with E-state index in [0.29, 0.717) is 6.54 Å². The van der Waals surface area contributed by atoms with Crippen molar-refractivity contribution in [1.82, 2.24) is 19.7 Å². The molecule has 0 fully saturated rings. The maximum absolute atomic E-state index is 11.6. The number of aromatic nitrogens is 4. The summed E-state index contributed by atoms with van der Waals surface area (Å²) in [5, 5.41) is 27.5. The molecule has 0 saturated heterocycles. The maximum Gasteiger partial charge on any atom is 0.307 e. The Morgan fingerprint density at radius 2 is 1.75 bits per heavy atom.